The summed E-state index contributed by atoms with van der Waals surface area (Å²) in [5.41, 5.74) is 2.50. The van der Waals surface area contributed by atoms with Crippen LogP contribution < -0.4 is 4.74 Å². The van der Waals surface area contributed by atoms with Crippen LogP contribution in [0, 0.1) is 6.57 Å². The van der Waals surface area contributed by atoms with Crippen molar-refractivity contribution in [1.82, 2.24) is 0 Å². The van der Waals surface area contributed by atoms with Gasteiger partial charge in [-0.3, -0.25) is 0 Å². The molecule has 2 rings (SSSR count). The molecule has 1 aromatic rings. The maximum absolute atomic E-state index is 6.79. The molecule has 0 aromatic heterocycles. The van der Waals surface area contributed by atoms with E-state index in [2.05, 4.69) is 36.9 Å². The average Bonchev–Trinajstić information content (AvgIpc) is 2.25. The summed E-state index contributed by atoms with van der Waals surface area (Å²) in [6.07, 6.45) is 2.99. The maximum Gasteiger partial charge on any atom is 0.218 e. The second-order valence-electron chi connectivity index (χ2n) is 4.94. The third-order valence-corrected chi connectivity index (χ3v) is 3.02. The lowest BCUT2D eigenvalue weighted by atomic mass is 9.93. The third kappa shape index (κ3) is 2.36. The summed E-state index contributed by atoms with van der Waals surface area (Å²) in [5, 5.41) is 0. The highest BCUT2D eigenvalue weighted by Crippen LogP contribution is 2.33. The van der Waals surface area contributed by atoms with E-state index in [1.165, 1.54) is 11.1 Å². The van der Waals surface area contributed by atoms with E-state index in [1.54, 1.807) is 0 Å². The molecule has 0 fully saturated rings. The van der Waals surface area contributed by atoms with Gasteiger partial charge in [0.25, 0.3) is 0 Å². The van der Waals surface area contributed by atoms with Gasteiger partial charge in [-0.05, 0) is 43.9 Å². The molecular formula is C14H17NO. The molecule has 0 unspecified atom stereocenters. The van der Waals surface area contributed by atoms with E-state index in [0.29, 0.717) is 6.54 Å². The van der Waals surface area contributed by atoms with Gasteiger partial charge in [-0.15, -0.1) is 0 Å². The van der Waals surface area contributed by atoms with Crippen LogP contribution in [0.5, 0.6) is 5.75 Å². The predicted octanol–water partition coefficient (Wildman–Crippen LogP) is 3.25. The van der Waals surface area contributed by atoms with Gasteiger partial charge < -0.3 is 9.58 Å². The largest absolute Gasteiger partial charge is 0.488 e. The minimum absolute atomic E-state index is 0.0367. The monoisotopic (exact) mass is 215 g/mol. The van der Waals surface area contributed by atoms with E-state index in [9.17, 15) is 0 Å². The first-order valence-electron chi connectivity index (χ1n) is 5.75. The molecule has 16 heavy (non-hydrogen) atoms. The number of ether oxygens (including phenoxy) is 1. The molecule has 2 heteroatoms. The highest BCUT2D eigenvalue weighted by molar-refractivity contribution is 5.39. The Morgan fingerprint density at radius 3 is 3.00 bits per heavy atom. The molecule has 0 amide bonds. The first-order chi connectivity index (χ1) is 7.61. The summed E-state index contributed by atoms with van der Waals surface area (Å²) in [7, 11) is 0. The minimum atomic E-state index is -0.0367. The first kappa shape index (κ1) is 11.0. The second-order valence-corrected chi connectivity index (χ2v) is 4.94. The van der Waals surface area contributed by atoms with Crippen LogP contribution in [0.15, 0.2) is 18.2 Å². The lowest BCUT2D eigenvalue weighted by molar-refractivity contribution is 0.0846. The standard InChI is InChI=1S/C14H17NO/c1-14(2)8-6-12-10-11(7-9-15-3)4-5-13(12)16-14/h4-5,10H,6-9H2,1-2H3. The second kappa shape index (κ2) is 4.17. The zero-order chi connectivity index (χ0) is 11.6. The predicted molar refractivity (Wildman–Crippen MR) is 64.6 cm³/mol. The summed E-state index contributed by atoms with van der Waals surface area (Å²) in [6, 6.07) is 6.32. The smallest absolute Gasteiger partial charge is 0.218 e. The fourth-order valence-corrected chi connectivity index (χ4v) is 2.05. The Morgan fingerprint density at radius 2 is 2.25 bits per heavy atom. The Morgan fingerprint density at radius 1 is 1.44 bits per heavy atom. The van der Waals surface area contributed by atoms with E-state index in [-0.39, 0.29) is 5.60 Å². The molecule has 1 aliphatic rings. The van der Waals surface area contributed by atoms with Gasteiger partial charge in [0.2, 0.25) is 6.54 Å². The summed E-state index contributed by atoms with van der Waals surface area (Å²) in [5.74, 6) is 1.02. The molecule has 0 saturated heterocycles. The number of benzene rings is 1. The van der Waals surface area contributed by atoms with Crippen molar-refractivity contribution in [1.29, 1.82) is 0 Å². The third-order valence-electron chi connectivity index (χ3n) is 3.02. The normalized spacial score (nSPS) is 17.1. The van der Waals surface area contributed by atoms with E-state index in [0.717, 1.165) is 25.0 Å². The van der Waals surface area contributed by atoms with Gasteiger partial charge in [-0.1, -0.05) is 12.1 Å². The highest BCUT2D eigenvalue weighted by atomic mass is 16.5. The van der Waals surface area contributed by atoms with E-state index >= 15 is 0 Å². The summed E-state index contributed by atoms with van der Waals surface area (Å²) < 4.78 is 5.92. The molecule has 1 aromatic carbocycles. The molecule has 1 aliphatic heterocycles. The molecular weight excluding hydrogens is 198 g/mol. The molecule has 1 heterocycles. The van der Waals surface area contributed by atoms with Crippen LogP contribution in [0.4, 0.5) is 0 Å². The minimum Gasteiger partial charge on any atom is -0.488 e. The number of fused-ring (bicyclic) bond motifs is 1. The lowest BCUT2D eigenvalue weighted by Crippen LogP contribution is -2.32. The SMILES string of the molecule is [C-]#[N+]CCc1ccc2c(c1)CCC(C)(C)O2. The number of aryl methyl sites for hydroxylation is 1. The van der Waals surface area contributed by atoms with Crippen molar-refractivity contribution >= 4 is 0 Å². The topological polar surface area (TPSA) is 13.6 Å². The van der Waals surface area contributed by atoms with Gasteiger partial charge in [0.1, 0.15) is 11.4 Å². The van der Waals surface area contributed by atoms with Gasteiger partial charge in [-0.25, -0.2) is 6.57 Å². The lowest BCUT2D eigenvalue weighted by Gasteiger charge is -2.32. The molecule has 0 aliphatic carbocycles. The van der Waals surface area contributed by atoms with E-state index < -0.39 is 0 Å². The van der Waals surface area contributed by atoms with Crippen LogP contribution in [-0.2, 0) is 12.8 Å². The number of rotatable bonds is 2. The van der Waals surface area contributed by atoms with Gasteiger partial charge in [0, 0.05) is 6.42 Å². The molecule has 0 spiro atoms. The van der Waals surface area contributed by atoms with Gasteiger partial charge >= 0.3 is 0 Å². The van der Waals surface area contributed by atoms with Crippen molar-refractivity contribution in [2.24, 2.45) is 0 Å². The van der Waals surface area contributed by atoms with Crippen molar-refractivity contribution in [3.8, 4) is 5.75 Å². The first-order valence-corrected chi connectivity index (χ1v) is 5.75. The van der Waals surface area contributed by atoms with Gasteiger partial charge in [0.05, 0.1) is 0 Å². The number of nitrogens with zero attached hydrogens (tertiary/aromatic N) is 1. The van der Waals surface area contributed by atoms with Crippen LogP contribution in [0.25, 0.3) is 4.85 Å². The van der Waals surface area contributed by atoms with Crippen LogP contribution in [0.3, 0.4) is 0 Å². The highest BCUT2D eigenvalue weighted by Gasteiger charge is 2.26. The van der Waals surface area contributed by atoms with Crippen molar-refractivity contribution in [2.75, 3.05) is 6.54 Å². The summed E-state index contributed by atoms with van der Waals surface area (Å²) in [6.45, 7) is 11.6. The number of hydrogen-bond acceptors (Lipinski definition) is 1. The van der Waals surface area contributed by atoms with E-state index in [4.69, 9.17) is 11.3 Å². The average molecular weight is 215 g/mol. The van der Waals surface area contributed by atoms with Crippen LogP contribution >= 0.6 is 0 Å². The van der Waals surface area contributed by atoms with Crippen LogP contribution in [0.2, 0.25) is 0 Å². The van der Waals surface area contributed by atoms with Gasteiger partial charge in [0.15, 0.2) is 0 Å². The van der Waals surface area contributed by atoms with Gasteiger partial charge in [-0.2, -0.15) is 0 Å². The summed E-state index contributed by atoms with van der Waals surface area (Å²) in [4.78, 5) is 3.38. The maximum atomic E-state index is 6.79. The molecule has 0 radical (unpaired) electrons. The summed E-state index contributed by atoms with van der Waals surface area (Å²) >= 11 is 0. The quantitative estimate of drug-likeness (QED) is 0.690. The molecule has 0 bridgehead atoms. The fraction of sp³-hybridized carbons (Fsp3) is 0.500. The molecule has 0 saturated carbocycles. The Kier molecular flexibility index (Phi) is 2.87. The van der Waals surface area contributed by atoms with E-state index in [1.807, 2.05) is 0 Å². The Hall–Kier alpha value is -1.49. The molecule has 0 N–H and O–H groups in total. The Labute approximate surface area is 97.1 Å². The van der Waals surface area contributed by atoms with Crippen molar-refractivity contribution < 1.29 is 4.74 Å². The zero-order valence-corrected chi connectivity index (χ0v) is 9.92. The Bertz CT molecular complexity index is 429. The molecule has 0 atom stereocenters. The van der Waals surface area contributed by atoms with Crippen molar-refractivity contribution in [2.45, 2.75) is 38.7 Å². The Balaban J connectivity index is 2.19. The number of hydrogen-bond donors (Lipinski definition) is 0. The van der Waals surface area contributed by atoms with Crippen LogP contribution in [-0.4, -0.2) is 12.1 Å². The van der Waals surface area contributed by atoms with Crippen LogP contribution in [0.1, 0.15) is 31.4 Å². The van der Waals surface area contributed by atoms with Crippen molar-refractivity contribution in [3.63, 3.8) is 0 Å². The fourth-order valence-electron chi connectivity index (χ4n) is 2.05. The molecule has 84 valence electrons. The molecule has 2 nitrogen and oxygen atoms in total. The zero-order valence-electron chi connectivity index (χ0n) is 9.92. The van der Waals surface area contributed by atoms with Crippen molar-refractivity contribution in [3.05, 3.63) is 40.7 Å².